The summed E-state index contributed by atoms with van der Waals surface area (Å²) >= 11 is 11.5. The molecule has 1 amide bonds. The van der Waals surface area contributed by atoms with E-state index in [1.54, 1.807) is 16.9 Å². The first kappa shape index (κ1) is 18.2. The van der Waals surface area contributed by atoms with Gasteiger partial charge in [-0.2, -0.15) is 10.2 Å². The molecule has 9 heteroatoms. The third-order valence-corrected chi connectivity index (χ3v) is 4.38. The van der Waals surface area contributed by atoms with Crippen molar-refractivity contribution in [3.05, 3.63) is 74.3 Å². The summed E-state index contributed by atoms with van der Waals surface area (Å²) in [5, 5.41) is 10.6. The lowest BCUT2D eigenvalue weighted by molar-refractivity contribution is -0.117. The van der Waals surface area contributed by atoms with Gasteiger partial charge in [-0.1, -0.05) is 53.0 Å². The third-order valence-electron chi connectivity index (χ3n) is 3.63. The van der Waals surface area contributed by atoms with Crippen molar-refractivity contribution in [3.8, 4) is 0 Å². The molecule has 1 aromatic carbocycles. The van der Waals surface area contributed by atoms with E-state index in [1.165, 1.54) is 6.20 Å². The van der Waals surface area contributed by atoms with Crippen LogP contribution in [0.3, 0.4) is 0 Å². The van der Waals surface area contributed by atoms with E-state index >= 15 is 0 Å². The molecule has 0 fully saturated rings. The van der Waals surface area contributed by atoms with Crippen LogP contribution in [0.5, 0.6) is 0 Å². The third kappa shape index (κ3) is 4.12. The Hall–Kier alpha value is -2.64. The van der Waals surface area contributed by atoms with Gasteiger partial charge in [0, 0.05) is 6.07 Å². The highest BCUT2D eigenvalue weighted by Crippen LogP contribution is 2.15. The Morgan fingerprint density at radius 3 is 2.77 bits per heavy atom. The number of nitrogens with zero attached hydrogens (tertiary/aromatic N) is 4. The van der Waals surface area contributed by atoms with Crippen molar-refractivity contribution in [2.45, 2.75) is 20.0 Å². The van der Waals surface area contributed by atoms with Gasteiger partial charge < -0.3 is 5.32 Å². The molecule has 2 aromatic heterocycles. The molecule has 0 unspecified atom stereocenters. The second kappa shape index (κ2) is 7.72. The van der Waals surface area contributed by atoms with Crippen LogP contribution in [0.15, 0.2) is 47.5 Å². The fraction of sp³-hybridized carbons (Fsp3) is 0.176. The number of halogens is 2. The first-order valence-electron chi connectivity index (χ1n) is 7.72. The van der Waals surface area contributed by atoms with E-state index in [2.05, 4.69) is 15.5 Å². The lowest BCUT2D eigenvalue weighted by Gasteiger charge is -2.10. The van der Waals surface area contributed by atoms with E-state index < -0.39 is 11.5 Å². The highest BCUT2D eigenvalue weighted by Gasteiger charge is 2.13. The van der Waals surface area contributed by atoms with Gasteiger partial charge in [0.15, 0.2) is 0 Å². The highest BCUT2D eigenvalue weighted by molar-refractivity contribution is 6.41. The monoisotopic (exact) mass is 391 g/mol. The van der Waals surface area contributed by atoms with E-state index in [0.29, 0.717) is 12.4 Å². The average Bonchev–Trinajstić information content (AvgIpc) is 3.02. The first-order chi connectivity index (χ1) is 12.4. The number of nitrogens with one attached hydrogen (secondary N) is 1. The summed E-state index contributed by atoms with van der Waals surface area (Å²) < 4.78 is 2.61. The van der Waals surface area contributed by atoms with Crippen LogP contribution in [0, 0.1) is 6.92 Å². The Morgan fingerprint density at radius 2 is 2.00 bits per heavy atom. The summed E-state index contributed by atoms with van der Waals surface area (Å²) in [6.07, 6.45) is 2.82. The number of hydrogen-bond acceptors (Lipinski definition) is 4. The number of hydrogen-bond donors (Lipinski definition) is 1. The smallest absolute Gasteiger partial charge is 0.287 e. The molecule has 0 atom stereocenters. The number of aromatic nitrogens is 4. The van der Waals surface area contributed by atoms with Crippen molar-refractivity contribution in [2.24, 2.45) is 0 Å². The van der Waals surface area contributed by atoms with Gasteiger partial charge in [-0.3, -0.25) is 9.59 Å². The van der Waals surface area contributed by atoms with Crippen LogP contribution in [-0.2, 0) is 17.9 Å². The first-order valence-corrected chi connectivity index (χ1v) is 8.48. The molecule has 3 rings (SSSR count). The molecule has 1 N–H and O–H groups in total. The van der Waals surface area contributed by atoms with Crippen LogP contribution < -0.4 is 10.9 Å². The number of carbonyl (C=O) groups excluding carboxylic acids is 1. The van der Waals surface area contributed by atoms with Gasteiger partial charge in [0.25, 0.3) is 5.56 Å². The highest BCUT2D eigenvalue weighted by atomic mass is 35.5. The topological polar surface area (TPSA) is 81.8 Å². The lowest BCUT2D eigenvalue weighted by atomic mass is 10.1. The van der Waals surface area contributed by atoms with Crippen molar-refractivity contribution in [3.63, 3.8) is 0 Å². The molecule has 0 spiro atoms. The zero-order valence-electron chi connectivity index (χ0n) is 13.8. The molecule has 7 nitrogen and oxygen atoms in total. The fourth-order valence-electron chi connectivity index (χ4n) is 2.42. The van der Waals surface area contributed by atoms with Gasteiger partial charge in [-0.05, 0) is 12.5 Å². The molecule has 0 radical (unpaired) electrons. The van der Waals surface area contributed by atoms with Gasteiger partial charge >= 0.3 is 0 Å². The maximum absolute atomic E-state index is 12.3. The standard InChI is InChI=1S/C17H15Cl2N5O2/c1-11-3-2-4-12(7-11)9-23-14(5-6-20-23)22-15(25)10-24-17(26)16(19)13(18)8-21-24/h2-8H,9-10H2,1H3,(H,22,25). The molecule has 0 aliphatic heterocycles. The Bertz CT molecular complexity index is 1010. The molecule has 134 valence electrons. The van der Waals surface area contributed by atoms with Crippen molar-refractivity contribution >= 4 is 34.9 Å². The van der Waals surface area contributed by atoms with E-state index in [0.717, 1.165) is 15.8 Å². The van der Waals surface area contributed by atoms with Gasteiger partial charge in [-0.15, -0.1) is 0 Å². The molecule has 0 saturated heterocycles. The van der Waals surface area contributed by atoms with Gasteiger partial charge in [0.05, 0.1) is 24.0 Å². The minimum Gasteiger partial charge on any atom is -0.309 e. The minimum atomic E-state index is -0.623. The number of rotatable bonds is 5. The quantitative estimate of drug-likeness (QED) is 0.724. The minimum absolute atomic E-state index is 0.0459. The second-order valence-corrected chi connectivity index (χ2v) is 6.47. The van der Waals surface area contributed by atoms with E-state index in [-0.39, 0.29) is 16.6 Å². The summed E-state index contributed by atoms with van der Waals surface area (Å²) in [4.78, 5) is 24.2. The van der Waals surface area contributed by atoms with E-state index in [1.807, 2.05) is 31.2 Å². The number of amides is 1. The zero-order chi connectivity index (χ0) is 18.7. The van der Waals surface area contributed by atoms with Crippen LogP contribution in [0.4, 0.5) is 5.82 Å². The summed E-state index contributed by atoms with van der Waals surface area (Å²) in [5.41, 5.74) is 1.58. The lowest BCUT2D eigenvalue weighted by Crippen LogP contribution is -2.30. The van der Waals surface area contributed by atoms with Crippen molar-refractivity contribution in [2.75, 3.05) is 5.32 Å². The second-order valence-electron chi connectivity index (χ2n) is 5.68. The molecular weight excluding hydrogens is 377 g/mol. The SMILES string of the molecule is Cc1cccc(Cn2nccc2NC(=O)Cn2ncc(Cl)c(Cl)c2=O)c1. The van der Waals surface area contributed by atoms with Crippen molar-refractivity contribution in [1.29, 1.82) is 0 Å². The van der Waals surface area contributed by atoms with Gasteiger partial charge in [0.2, 0.25) is 5.91 Å². The Morgan fingerprint density at radius 1 is 1.19 bits per heavy atom. The maximum atomic E-state index is 12.3. The molecule has 0 aliphatic rings. The summed E-state index contributed by atoms with van der Waals surface area (Å²) in [6.45, 7) is 2.23. The molecule has 2 heterocycles. The number of anilines is 1. The van der Waals surface area contributed by atoms with Crippen molar-refractivity contribution < 1.29 is 4.79 Å². The summed E-state index contributed by atoms with van der Waals surface area (Å²) in [5.74, 6) is 0.0913. The van der Waals surface area contributed by atoms with Crippen LogP contribution >= 0.6 is 23.2 Å². The van der Waals surface area contributed by atoms with Crippen LogP contribution in [0.1, 0.15) is 11.1 Å². The summed E-state index contributed by atoms with van der Waals surface area (Å²) in [6, 6.07) is 9.69. The van der Waals surface area contributed by atoms with E-state index in [4.69, 9.17) is 23.2 Å². The molecular formula is C17H15Cl2N5O2. The van der Waals surface area contributed by atoms with E-state index in [9.17, 15) is 9.59 Å². The van der Waals surface area contributed by atoms with Crippen molar-refractivity contribution in [1.82, 2.24) is 19.6 Å². The zero-order valence-corrected chi connectivity index (χ0v) is 15.3. The Balaban J connectivity index is 1.72. The molecule has 0 bridgehead atoms. The molecule has 3 aromatic rings. The van der Waals surface area contributed by atoms with Crippen LogP contribution in [-0.4, -0.2) is 25.5 Å². The predicted octanol–water partition coefficient (Wildman–Crippen LogP) is 2.74. The molecule has 0 aliphatic carbocycles. The number of benzene rings is 1. The largest absolute Gasteiger partial charge is 0.309 e. The number of carbonyl (C=O) groups is 1. The Kier molecular flexibility index (Phi) is 5.39. The van der Waals surface area contributed by atoms with Crippen LogP contribution in [0.25, 0.3) is 0 Å². The number of aryl methyl sites for hydroxylation is 1. The van der Waals surface area contributed by atoms with Gasteiger partial charge in [-0.25, -0.2) is 9.36 Å². The predicted molar refractivity (Wildman–Crippen MR) is 99.7 cm³/mol. The molecule has 26 heavy (non-hydrogen) atoms. The Labute approximate surface area is 159 Å². The molecule has 0 saturated carbocycles. The summed E-state index contributed by atoms with van der Waals surface area (Å²) in [7, 11) is 0. The average molecular weight is 392 g/mol. The van der Waals surface area contributed by atoms with Crippen LogP contribution in [0.2, 0.25) is 10.0 Å². The normalized spacial score (nSPS) is 10.7. The fourth-order valence-corrected chi connectivity index (χ4v) is 2.70. The van der Waals surface area contributed by atoms with Gasteiger partial charge in [0.1, 0.15) is 17.4 Å². The maximum Gasteiger partial charge on any atom is 0.287 e.